The summed E-state index contributed by atoms with van der Waals surface area (Å²) in [7, 11) is 1.55. The van der Waals surface area contributed by atoms with Crippen molar-refractivity contribution in [2.24, 2.45) is 0 Å². The maximum atomic E-state index is 11.6. The van der Waals surface area contributed by atoms with E-state index in [9.17, 15) is 9.59 Å². The van der Waals surface area contributed by atoms with Gasteiger partial charge in [-0.15, -0.1) is 0 Å². The number of carbonyl (C=O) groups is 2. The van der Waals surface area contributed by atoms with Crippen molar-refractivity contribution in [2.45, 2.75) is 18.9 Å². The van der Waals surface area contributed by atoms with Gasteiger partial charge in [-0.1, -0.05) is 0 Å². The molecule has 1 aliphatic heterocycles. The number of amides is 1. The number of rotatable bonds is 6. The van der Waals surface area contributed by atoms with Gasteiger partial charge in [0.05, 0.1) is 13.2 Å². The predicted octanol–water partition coefficient (Wildman–Crippen LogP) is -0.275. The molecule has 1 aliphatic rings. The van der Waals surface area contributed by atoms with Crippen LogP contribution in [0.15, 0.2) is 0 Å². The van der Waals surface area contributed by atoms with Gasteiger partial charge in [0.1, 0.15) is 12.6 Å². The molecule has 0 aromatic rings. The highest BCUT2D eigenvalue weighted by molar-refractivity contribution is 5.84. The second kappa shape index (κ2) is 6.44. The van der Waals surface area contributed by atoms with Crippen LogP contribution < -0.4 is 0 Å². The number of likely N-dealkylation sites (tertiary alicyclic amines) is 1. The smallest absolute Gasteiger partial charge is 0.326 e. The largest absolute Gasteiger partial charge is 0.480 e. The van der Waals surface area contributed by atoms with E-state index in [1.165, 1.54) is 4.90 Å². The Labute approximate surface area is 94.1 Å². The lowest BCUT2D eigenvalue weighted by Gasteiger charge is -2.21. The molecule has 0 aromatic carbocycles. The van der Waals surface area contributed by atoms with Gasteiger partial charge >= 0.3 is 5.97 Å². The molecule has 1 rings (SSSR count). The molecule has 16 heavy (non-hydrogen) atoms. The first-order valence-electron chi connectivity index (χ1n) is 5.25. The maximum Gasteiger partial charge on any atom is 0.326 e. The molecule has 0 saturated carbocycles. The lowest BCUT2D eigenvalue weighted by atomic mass is 10.2. The fourth-order valence-electron chi connectivity index (χ4n) is 1.71. The van der Waals surface area contributed by atoms with Crippen LogP contribution in [-0.2, 0) is 19.1 Å². The lowest BCUT2D eigenvalue weighted by Crippen LogP contribution is -2.42. The van der Waals surface area contributed by atoms with Crippen molar-refractivity contribution < 1.29 is 24.2 Å². The van der Waals surface area contributed by atoms with E-state index in [-0.39, 0.29) is 12.5 Å². The monoisotopic (exact) mass is 231 g/mol. The summed E-state index contributed by atoms with van der Waals surface area (Å²) in [5.41, 5.74) is 0. The Kier molecular flexibility index (Phi) is 5.21. The minimum Gasteiger partial charge on any atom is -0.480 e. The van der Waals surface area contributed by atoms with E-state index in [1.807, 2.05) is 0 Å². The quantitative estimate of drug-likeness (QED) is 0.636. The zero-order valence-corrected chi connectivity index (χ0v) is 9.35. The molecule has 0 aromatic heterocycles. The molecule has 0 spiro atoms. The number of hydrogen-bond donors (Lipinski definition) is 1. The molecule has 0 bridgehead atoms. The van der Waals surface area contributed by atoms with E-state index in [1.54, 1.807) is 7.11 Å². The first kappa shape index (κ1) is 12.9. The van der Waals surface area contributed by atoms with Gasteiger partial charge < -0.3 is 19.5 Å². The van der Waals surface area contributed by atoms with Gasteiger partial charge in [0.2, 0.25) is 5.91 Å². The van der Waals surface area contributed by atoms with Gasteiger partial charge in [-0.2, -0.15) is 0 Å². The van der Waals surface area contributed by atoms with Crippen molar-refractivity contribution in [1.82, 2.24) is 4.90 Å². The molecule has 1 heterocycles. The van der Waals surface area contributed by atoms with E-state index in [2.05, 4.69) is 0 Å². The highest BCUT2D eigenvalue weighted by atomic mass is 16.5. The van der Waals surface area contributed by atoms with E-state index in [4.69, 9.17) is 14.6 Å². The second-order valence-electron chi connectivity index (χ2n) is 3.63. The van der Waals surface area contributed by atoms with E-state index >= 15 is 0 Å². The van der Waals surface area contributed by atoms with Gasteiger partial charge in [0.25, 0.3) is 0 Å². The summed E-state index contributed by atoms with van der Waals surface area (Å²) >= 11 is 0. The number of methoxy groups -OCH3 is 1. The summed E-state index contributed by atoms with van der Waals surface area (Å²) in [5, 5.41) is 8.89. The Bertz CT molecular complexity index is 256. The number of hydrogen-bond acceptors (Lipinski definition) is 4. The van der Waals surface area contributed by atoms with Crippen molar-refractivity contribution in [3.05, 3.63) is 0 Å². The van der Waals surface area contributed by atoms with E-state index < -0.39 is 12.0 Å². The first-order chi connectivity index (χ1) is 7.66. The molecule has 6 nitrogen and oxygen atoms in total. The van der Waals surface area contributed by atoms with Crippen LogP contribution in [0, 0.1) is 0 Å². The van der Waals surface area contributed by atoms with Gasteiger partial charge in [-0.25, -0.2) is 4.79 Å². The minimum atomic E-state index is -0.942. The SMILES string of the molecule is COCCOCC(=O)N1CCC[C@H]1C(=O)O. The Morgan fingerprint density at radius 2 is 2.19 bits per heavy atom. The average molecular weight is 231 g/mol. The highest BCUT2D eigenvalue weighted by Crippen LogP contribution is 2.17. The van der Waals surface area contributed by atoms with Crippen LogP contribution in [0.2, 0.25) is 0 Å². The van der Waals surface area contributed by atoms with Crippen molar-refractivity contribution in [2.75, 3.05) is 33.5 Å². The van der Waals surface area contributed by atoms with Crippen molar-refractivity contribution >= 4 is 11.9 Å². The molecule has 1 N–H and O–H groups in total. The first-order valence-corrected chi connectivity index (χ1v) is 5.25. The standard InChI is InChI=1S/C10H17NO5/c1-15-5-6-16-7-9(12)11-4-2-3-8(11)10(13)14/h8H,2-7H2,1H3,(H,13,14)/t8-/m0/s1. The van der Waals surface area contributed by atoms with E-state index in [0.29, 0.717) is 26.2 Å². The summed E-state index contributed by atoms with van der Waals surface area (Å²) in [5.74, 6) is -1.20. The van der Waals surface area contributed by atoms with Crippen LogP contribution in [0.5, 0.6) is 0 Å². The molecule has 0 aliphatic carbocycles. The number of carboxylic acid groups (broad SMARTS) is 1. The predicted molar refractivity (Wildman–Crippen MR) is 55.1 cm³/mol. The number of ether oxygens (including phenoxy) is 2. The third-order valence-corrected chi connectivity index (χ3v) is 2.52. The maximum absolute atomic E-state index is 11.6. The van der Waals surface area contributed by atoms with Crippen LogP contribution in [-0.4, -0.2) is 61.4 Å². The molecule has 1 atom stereocenters. The molecule has 1 amide bonds. The Hall–Kier alpha value is -1.14. The Morgan fingerprint density at radius 1 is 1.44 bits per heavy atom. The minimum absolute atomic E-state index is 0.0762. The summed E-state index contributed by atoms with van der Waals surface area (Å²) in [6, 6.07) is -0.682. The van der Waals surface area contributed by atoms with Gasteiger partial charge in [0, 0.05) is 13.7 Å². The molecule has 6 heteroatoms. The summed E-state index contributed by atoms with van der Waals surface area (Å²) < 4.78 is 9.83. The normalized spacial score (nSPS) is 20.1. The van der Waals surface area contributed by atoms with Crippen molar-refractivity contribution in [3.8, 4) is 0 Å². The van der Waals surface area contributed by atoms with Gasteiger partial charge in [-0.3, -0.25) is 4.79 Å². The van der Waals surface area contributed by atoms with Crippen LogP contribution >= 0.6 is 0 Å². The number of nitrogens with zero attached hydrogens (tertiary/aromatic N) is 1. The second-order valence-corrected chi connectivity index (χ2v) is 3.63. The Balaban J connectivity index is 2.32. The summed E-state index contributed by atoms with van der Waals surface area (Å²) in [6.07, 6.45) is 1.26. The summed E-state index contributed by atoms with van der Waals surface area (Å²) in [4.78, 5) is 23.8. The van der Waals surface area contributed by atoms with Crippen molar-refractivity contribution in [1.29, 1.82) is 0 Å². The average Bonchev–Trinajstić information content (AvgIpc) is 2.73. The molecule has 0 unspecified atom stereocenters. The van der Waals surface area contributed by atoms with Crippen LogP contribution in [0.25, 0.3) is 0 Å². The molecule has 0 radical (unpaired) electrons. The van der Waals surface area contributed by atoms with Crippen LogP contribution in [0.1, 0.15) is 12.8 Å². The zero-order chi connectivity index (χ0) is 12.0. The fraction of sp³-hybridized carbons (Fsp3) is 0.800. The van der Waals surface area contributed by atoms with Gasteiger partial charge in [0.15, 0.2) is 0 Å². The molecular weight excluding hydrogens is 214 g/mol. The number of aliphatic carboxylic acids is 1. The third kappa shape index (κ3) is 3.46. The highest BCUT2D eigenvalue weighted by Gasteiger charge is 2.33. The number of carboxylic acids is 1. The molecule has 92 valence electrons. The summed E-state index contributed by atoms with van der Waals surface area (Å²) in [6.45, 7) is 1.19. The molecular formula is C10H17NO5. The van der Waals surface area contributed by atoms with Gasteiger partial charge in [-0.05, 0) is 12.8 Å². The lowest BCUT2D eigenvalue weighted by molar-refractivity contribution is -0.150. The topological polar surface area (TPSA) is 76.1 Å². The number of carbonyl (C=O) groups excluding carboxylic acids is 1. The molecule has 1 saturated heterocycles. The third-order valence-electron chi connectivity index (χ3n) is 2.52. The fourth-order valence-corrected chi connectivity index (χ4v) is 1.71. The molecule has 1 fully saturated rings. The Morgan fingerprint density at radius 3 is 2.81 bits per heavy atom. The zero-order valence-electron chi connectivity index (χ0n) is 9.35. The van der Waals surface area contributed by atoms with Crippen molar-refractivity contribution in [3.63, 3.8) is 0 Å². The van der Waals surface area contributed by atoms with Crippen LogP contribution in [0.4, 0.5) is 0 Å². The van der Waals surface area contributed by atoms with Crippen LogP contribution in [0.3, 0.4) is 0 Å². The van der Waals surface area contributed by atoms with E-state index in [0.717, 1.165) is 6.42 Å².